The Morgan fingerprint density at radius 1 is 0.750 bits per heavy atom. The van der Waals surface area contributed by atoms with Crippen molar-refractivity contribution in [2.45, 2.75) is 129 Å². The van der Waals surface area contributed by atoms with E-state index in [1.54, 1.807) is 0 Å². The molecule has 4 nitrogen and oxygen atoms in total. The fourth-order valence-electron chi connectivity index (χ4n) is 5.17. The van der Waals surface area contributed by atoms with Crippen LogP contribution in [0.2, 0.25) is 0 Å². The van der Waals surface area contributed by atoms with E-state index in [2.05, 4.69) is 58.3 Å². The summed E-state index contributed by atoms with van der Waals surface area (Å²) >= 11 is 0. The molecular weight excluding hydrogens is 494 g/mol. The van der Waals surface area contributed by atoms with Crippen molar-refractivity contribution in [3.8, 4) is 5.75 Å². The molecule has 2 aromatic rings. The number of hydrogen-bond acceptors (Lipinski definition) is 3. The molecule has 0 amide bonds. The smallest absolute Gasteiger partial charge is 0.364 e. The van der Waals surface area contributed by atoms with Crippen molar-refractivity contribution in [2.75, 3.05) is 20.7 Å². The summed E-state index contributed by atoms with van der Waals surface area (Å²) in [4.78, 5) is 13.0. The van der Waals surface area contributed by atoms with Gasteiger partial charge in [0.1, 0.15) is 25.0 Å². The van der Waals surface area contributed by atoms with Crippen LogP contribution in [-0.2, 0) is 22.5 Å². The highest BCUT2D eigenvalue weighted by Gasteiger charge is 2.32. The Bertz CT molecular complexity index is 927. The number of para-hydroxylation sites is 1. The van der Waals surface area contributed by atoms with Crippen LogP contribution in [0.3, 0.4) is 0 Å². The van der Waals surface area contributed by atoms with Crippen LogP contribution in [-0.4, -0.2) is 43.3 Å². The summed E-state index contributed by atoms with van der Waals surface area (Å²) in [5.41, 5.74) is 2.47. The van der Waals surface area contributed by atoms with Crippen LogP contribution >= 0.6 is 0 Å². The quantitative estimate of drug-likeness (QED) is 0.0829. The average Bonchev–Trinajstić information content (AvgIpc) is 2.96. The zero-order valence-electron chi connectivity index (χ0n) is 26.3. The molecule has 0 aliphatic heterocycles. The highest BCUT2D eigenvalue weighted by Crippen LogP contribution is 2.23. The van der Waals surface area contributed by atoms with E-state index < -0.39 is 0 Å². The molecule has 0 saturated carbocycles. The summed E-state index contributed by atoms with van der Waals surface area (Å²) in [6, 6.07) is 18.4. The minimum absolute atomic E-state index is 0.149. The third-order valence-corrected chi connectivity index (χ3v) is 8.26. The van der Waals surface area contributed by atoms with E-state index in [1.165, 1.54) is 88.2 Å². The highest BCUT2D eigenvalue weighted by atomic mass is 16.6. The van der Waals surface area contributed by atoms with E-state index in [9.17, 15) is 4.79 Å². The van der Waals surface area contributed by atoms with Crippen LogP contribution < -0.4 is 4.74 Å². The van der Waals surface area contributed by atoms with E-state index in [1.807, 2.05) is 31.2 Å². The lowest BCUT2D eigenvalue weighted by molar-refractivity contribution is -0.917. The molecule has 0 spiro atoms. The van der Waals surface area contributed by atoms with Gasteiger partial charge < -0.3 is 14.0 Å². The predicted octanol–water partition coefficient (Wildman–Crippen LogP) is 9.30. The lowest BCUT2D eigenvalue weighted by atomic mass is 10.0. The van der Waals surface area contributed by atoms with E-state index in [4.69, 9.17) is 9.47 Å². The molecule has 0 radical (unpaired) electrons. The Balaban J connectivity index is 1.71. The molecule has 0 aliphatic carbocycles. The maximum Gasteiger partial charge on any atom is 0.364 e. The molecule has 0 aromatic heterocycles. The minimum atomic E-state index is -0.268. The molecule has 224 valence electrons. The monoisotopic (exact) mass is 552 g/mol. The van der Waals surface area contributed by atoms with Crippen LogP contribution in [0.25, 0.3) is 0 Å². The number of rotatable bonds is 22. The maximum absolute atomic E-state index is 13.0. The Morgan fingerprint density at radius 2 is 1.30 bits per heavy atom. The van der Waals surface area contributed by atoms with E-state index in [0.717, 1.165) is 25.1 Å². The van der Waals surface area contributed by atoms with Crippen LogP contribution in [0.5, 0.6) is 5.75 Å². The van der Waals surface area contributed by atoms with Crippen LogP contribution in [0.15, 0.2) is 54.6 Å². The summed E-state index contributed by atoms with van der Waals surface area (Å²) in [6.45, 7) is 7.38. The van der Waals surface area contributed by atoms with Crippen molar-refractivity contribution in [3.05, 3.63) is 65.7 Å². The third kappa shape index (κ3) is 13.4. The van der Waals surface area contributed by atoms with Crippen LogP contribution in [0.1, 0.15) is 115 Å². The third-order valence-electron chi connectivity index (χ3n) is 8.26. The molecule has 0 heterocycles. The number of carbonyl (C=O) groups excluding carboxylic acids is 1. The SMILES string of the molecule is CCCCCCCCCCCCCCc1ccccc1OC(CC)COC(=O)C(C)[N+](C)(C)Cc1ccccc1. The van der Waals surface area contributed by atoms with Crippen molar-refractivity contribution in [1.29, 1.82) is 0 Å². The van der Waals surface area contributed by atoms with Gasteiger partial charge in [-0.3, -0.25) is 0 Å². The standard InChI is InChI=1S/C36H58NO3/c1-6-8-9-10-11-12-13-14-15-16-17-21-26-33-27-22-23-28-35(33)40-34(7-2)30-39-36(38)31(3)37(4,5)29-32-24-19-18-20-25-32/h18-20,22-25,27-28,31,34H,6-17,21,26,29-30H2,1-5H3/q+1. The van der Waals surface area contributed by atoms with Gasteiger partial charge in [-0.1, -0.05) is 133 Å². The molecule has 2 aromatic carbocycles. The summed E-state index contributed by atoms with van der Waals surface area (Å²) in [6.07, 6.45) is 18.0. The zero-order chi connectivity index (χ0) is 29.1. The van der Waals surface area contributed by atoms with Gasteiger partial charge >= 0.3 is 5.97 Å². The van der Waals surface area contributed by atoms with Crippen molar-refractivity contribution in [1.82, 2.24) is 0 Å². The van der Waals surface area contributed by atoms with Crippen molar-refractivity contribution in [3.63, 3.8) is 0 Å². The number of unbranched alkanes of at least 4 members (excludes halogenated alkanes) is 11. The molecule has 0 aliphatic rings. The summed E-state index contributed by atoms with van der Waals surface area (Å²) < 4.78 is 12.7. The fraction of sp³-hybridized carbons (Fsp3) is 0.639. The second-order valence-corrected chi connectivity index (χ2v) is 12.1. The number of hydrogen-bond donors (Lipinski definition) is 0. The number of ether oxygens (including phenoxy) is 2. The van der Waals surface area contributed by atoms with Gasteiger partial charge in [-0.25, -0.2) is 4.79 Å². The number of benzene rings is 2. The molecule has 2 atom stereocenters. The minimum Gasteiger partial charge on any atom is -0.487 e. The topological polar surface area (TPSA) is 35.5 Å². The first kappa shape index (κ1) is 33.9. The lowest BCUT2D eigenvalue weighted by Gasteiger charge is -2.34. The van der Waals surface area contributed by atoms with Crippen LogP contribution in [0.4, 0.5) is 0 Å². The number of carbonyl (C=O) groups is 1. The normalized spacial score (nSPS) is 13.1. The van der Waals surface area contributed by atoms with Crippen molar-refractivity contribution >= 4 is 5.97 Å². The van der Waals surface area contributed by atoms with E-state index in [0.29, 0.717) is 4.48 Å². The van der Waals surface area contributed by atoms with Gasteiger partial charge in [0.15, 0.2) is 6.04 Å². The molecule has 4 heteroatoms. The predicted molar refractivity (Wildman–Crippen MR) is 169 cm³/mol. The lowest BCUT2D eigenvalue weighted by Crippen LogP contribution is -2.51. The molecule has 40 heavy (non-hydrogen) atoms. The van der Waals surface area contributed by atoms with E-state index >= 15 is 0 Å². The van der Waals surface area contributed by atoms with E-state index in [-0.39, 0.29) is 24.7 Å². The number of aryl methyl sites for hydroxylation is 1. The van der Waals surface area contributed by atoms with Gasteiger partial charge in [0.05, 0.1) is 14.1 Å². The van der Waals surface area contributed by atoms with Gasteiger partial charge in [-0.15, -0.1) is 0 Å². The molecule has 2 rings (SSSR count). The fourth-order valence-corrected chi connectivity index (χ4v) is 5.17. The first-order chi connectivity index (χ1) is 19.4. The summed E-state index contributed by atoms with van der Waals surface area (Å²) in [5, 5.41) is 0. The molecule has 0 saturated heterocycles. The molecular formula is C36H58NO3+. The first-order valence-electron chi connectivity index (χ1n) is 16.1. The highest BCUT2D eigenvalue weighted by molar-refractivity contribution is 5.74. The van der Waals surface area contributed by atoms with Crippen molar-refractivity contribution in [2.24, 2.45) is 0 Å². The van der Waals surface area contributed by atoms with Crippen molar-refractivity contribution < 1.29 is 18.8 Å². The Kier molecular flexibility index (Phi) is 16.7. The van der Waals surface area contributed by atoms with Crippen LogP contribution in [0, 0.1) is 0 Å². The van der Waals surface area contributed by atoms with Gasteiger partial charge in [-0.05, 0) is 37.8 Å². The number of esters is 1. The zero-order valence-corrected chi connectivity index (χ0v) is 26.3. The molecule has 0 fully saturated rings. The Morgan fingerprint density at radius 3 is 1.90 bits per heavy atom. The number of nitrogens with zero attached hydrogens (tertiary/aromatic N) is 1. The van der Waals surface area contributed by atoms with Gasteiger partial charge in [0.25, 0.3) is 0 Å². The second kappa shape index (κ2) is 19.7. The number of quaternary nitrogens is 1. The number of likely N-dealkylation sites (N-methyl/N-ethyl adjacent to an activating group) is 1. The van der Waals surface area contributed by atoms with Gasteiger partial charge in [0, 0.05) is 5.56 Å². The maximum atomic E-state index is 13.0. The van der Waals surface area contributed by atoms with Gasteiger partial charge in [0.2, 0.25) is 0 Å². The molecule has 2 unspecified atom stereocenters. The average molecular weight is 553 g/mol. The molecule has 0 bridgehead atoms. The molecule has 0 N–H and O–H groups in total. The summed E-state index contributed by atoms with van der Waals surface area (Å²) in [7, 11) is 4.16. The Labute approximate surface area is 246 Å². The first-order valence-corrected chi connectivity index (χ1v) is 16.1. The summed E-state index contributed by atoms with van der Waals surface area (Å²) in [5.74, 6) is 0.759. The Hall–Kier alpha value is -2.33. The van der Waals surface area contributed by atoms with Gasteiger partial charge in [-0.2, -0.15) is 0 Å². The second-order valence-electron chi connectivity index (χ2n) is 12.1. The largest absolute Gasteiger partial charge is 0.487 e.